The first-order valence-electron chi connectivity index (χ1n) is 6.23. The number of hydrogen-bond acceptors (Lipinski definition) is 4. The first-order chi connectivity index (χ1) is 9.22. The zero-order chi connectivity index (χ0) is 13.2. The molecule has 1 aromatic carbocycles. The van der Waals surface area contributed by atoms with Crippen LogP contribution in [0.15, 0.2) is 27.2 Å². The number of hydrogen-bond donors (Lipinski definition) is 1. The monoisotopic (exact) mass is 325 g/mol. The zero-order valence-corrected chi connectivity index (χ0v) is 11.8. The third-order valence-corrected chi connectivity index (χ3v) is 3.67. The van der Waals surface area contributed by atoms with Gasteiger partial charge in [0.15, 0.2) is 5.82 Å². The van der Waals surface area contributed by atoms with Crippen molar-refractivity contribution >= 4 is 15.9 Å². The van der Waals surface area contributed by atoms with Gasteiger partial charge < -0.3 is 9.84 Å². The lowest BCUT2D eigenvalue weighted by Gasteiger charge is -2.19. The van der Waals surface area contributed by atoms with E-state index in [4.69, 9.17) is 4.52 Å². The Morgan fingerprint density at radius 1 is 1.37 bits per heavy atom. The SMILES string of the molecule is Fc1cc(Br)cc(-c2nc(C3CCCNC3)no2)c1. The standard InChI is InChI=1S/C13H13BrFN3O/c14-10-4-9(5-11(15)6-10)13-17-12(18-19-13)8-2-1-3-16-7-8/h4-6,8,16H,1-3,7H2. The van der Waals surface area contributed by atoms with Gasteiger partial charge in [-0.3, -0.25) is 0 Å². The summed E-state index contributed by atoms with van der Waals surface area (Å²) in [4.78, 5) is 4.38. The molecule has 0 saturated carbocycles. The summed E-state index contributed by atoms with van der Waals surface area (Å²) in [5.41, 5.74) is 0.592. The van der Waals surface area contributed by atoms with E-state index in [1.807, 2.05) is 0 Å². The second-order valence-corrected chi connectivity index (χ2v) is 5.57. The molecule has 1 fully saturated rings. The molecule has 1 aromatic heterocycles. The van der Waals surface area contributed by atoms with Crippen molar-refractivity contribution in [3.63, 3.8) is 0 Å². The average molecular weight is 326 g/mol. The summed E-state index contributed by atoms with van der Waals surface area (Å²) in [7, 11) is 0. The van der Waals surface area contributed by atoms with Gasteiger partial charge in [-0.1, -0.05) is 21.1 Å². The Morgan fingerprint density at radius 2 is 2.26 bits per heavy atom. The highest BCUT2D eigenvalue weighted by Crippen LogP contribution is 2.26. The lowest BCUT2D eigenvalue weighted by molar-refractivity contribution is 0.393. The predicted octanol–water partition coefficient (Wildman–Crippen LogP) is 3.11. The summed E-state index contributed by atoms with van der Waals surface area (Å²) in [5, 5.41) is 7.32. The summed E-state index contributed by atoms with van der Waals surface area (Å²) in [6, 6.07) is 4.55. The summed E-state index contributed by atoms with van der Waals surface area (Å²) >= 11 is 3.25. The molecule has 2 heterocycles. The normalized spacial score (nSPS) is 19.6. The molecule has 1 aliphatic heterocycles. The molecule has 0 spiro atoms. The van der Waals surface area contributed by atoms with Crippen molar-refractivity contribution in [2.75, 3.05) is 13.1 Å². The number of nitrogens with zero attached hydrogens (tertiary/aromatic N) is 2. The Kier molecular flexibility index (Phi) is 3.61. The Hall–Kier alpha value is -1.27. The highest BCUT2D eigenvalue weighted by molar-refractivity contribution is 9.10. The van der Waals surface area contributed by atoms with Crippen LogP contribution in [0.2, 0.25) is 0 Å². The maximum Gasteiger partial charge on any atom is 0.258 e. The molecule has 0 amide bonds. The molecule has 100 valence electrons. The lowest BCUT2D eigenvalue weighted by atomic mass is 9.99. The fourth-order valence-electron chi connectivity index (χ4n) is 2.27. The van der Waals surface area contributed by atoms with Gasteiger partial charge in [-0.15, -0.1) is 0 Å². The van der Waals surface area contributed by atoms with Crippen molar-refractivity contribution in [2.45, 2.75) is 18.8 Å². The van der Waals surface area contributed by atoms with Crippen molar-refractivity contribution in [3.8, 4) is 11.5 Å². The highest BCUT2D eigenvalue weighted by Gasteiger charge is 2.21. The van der Waals surface area contributed by atoms with Crippen molar-refractivity contribution in [1.82, 2.24) is 15.5 Å². The maximum absolute atomic E-state index is 13.3. The van der Waals surface area contributed by atoms with Gasteiger partial charge in [0.25, 0.3) is 5.89 Å². The fraction of sp³-hybridized carbons (Fsp3) is 0.385. The minimum Gasteiger partial charge on any atom is -0.334 e. The van der Waals surface area contributed by atoms with E-state index in [1.165, 1.54) is 12.1 Å². The zero-order valence-electron chi connectivity index (χ0n) is 10.2. The average Bonchev–Trinajstić information content (AvgIpc) is 2.88. The summed E-state index contributed by atoms with van der Waals surface area (Å²) < 4.78 is 19.2. The van der Waals surface area contributed by atoms with Crippen LogP contribution in [-0.2, 0) is 0 Å². The third-order valence-electron chi connectivity index (χ3n) is 3.21. The number of halogens is 2. The van der Waals surface area contributed by atoms with E-state index in [1.54, 1.807) is 6.07 Å². The minimum absolute atomic E-state index is 0.281. The van der Waals surface area contributed by atoms with Gasteiger partial charge in [-0.25, -0.2) is 4.39 Å². The number of rotatable bonds is 2. The smallest absolute Gasteiger partial charge is 0.258 e. The molecule has 0 aliphatic carbocycles. The fourth-order valence-corrected chi connectivity index (χ4v) is 2.73. The first kappa shape index (κ1) is 12.7. The van der Waals surface area contributed by atoms with Gasteiger partial charge >= 0.3 is 0 Å². The van der Waals surface area contributed by atoms with Crippen LogP contribution in [0.1, 0.15) is 24.6 Å². The maximum atomic E-state index is 13.3. The van der Waals surface area contributed by atoms with Crippen LogP contribution < -0.4 is 5.32 Å². The molecule has 1 aliphatic rings. The van der Waals surface area contributed by atoms with Crippen LogP contribution in [0, 0.1) is 5.82 Å². The number of aromatic nitrogens is 2. The molecule has 0 radical (unpaired) electrons. The first-order valence-corrected chi connectivity index (χ1v) is 7.02. The minimum atomic E-state index is -0.330. The van der Waals surface area contributed by atoms with E-state index < -0.39 is 0 Å². The second-order valence-electron chi connectivity index (χ2n) is 4.66. The molecule has 3 rings (SSSR count). The Labute approximate surface area is 118 Å². The molecule has 1 saturated heterocycles. The Balaban J connectivity index is 1.87. The second kappa shape index (κ2) is 5.38. The molecule has 0 bridgehead atoms. The number of benzene rings is 1. The topological polar surface area (TPSA) is 51.0 Å². The van der Waals surface area contributed by atoms with E-state index in [9.17, 15) is 4.39 Å². The van der Waals surface area contributed by atoms with Gasteiger partial charge in [0.1, 0.15) is 5.82 Å². The van der Waals surface area contributed by atoms with E-state index in [2.05, 4.69) is 31.4 Å². The van der Waals surface area contributed by atoms with Crippen LogP contribution in [0.3, 0.4) is 0 Å². The van der Waals surface area contributed by atoms with Crippen molar-refractivity contribution in [3.05, 3.63) is 34.3 Å². The van der Waals surface area contributed by atoms with Crippen molar-refractivity contribution in [1.29, 1.82) is 0 Å². The molecule has 1 N–H and O–H groups in total. The van der Waals surface area contributed by atoms with Crippen LogP contribution in [0.5, 0.6) is 0 Å². The molecule has 1 atom stereocenters. The predicted molar refractivity (Wildman–Crippen MR) is 72.2 cm³/mol. The number of piperidine rings is 1. The number of nitrogens with one attached hydrogen (secondary N) is 1. The van der Waals surface area contributed by atoms with Gasteiger partial charge in [0.2, 0.25) is 0 Å². The molecular formula is C13H13BrFN3O. The highest BCUT2D eigenvalue weighted by atomic mass is 79.9. The van der Waals surface area contributed by atoms with E-state index >= 15 is 0 Å². The lowest BCUT2D eigenvalue weighted by Crippen LogP contribution is -2.28. The molecule has 1 unspecified atom stereocenters. The summed E-state index contributed by atoms with van der Waals surface area (Å²) in [5.74, 6) is 1.01. The van der Waals surface area contributed by atoms with Gasteiger partial charge in [0, 0.05) is 22.5 Å². The quantitative estimate of drug-likeness (QED) is 0.921. The van der Waals surface area contributed by atoms with Gasteiger partial charge in [-0.2, -0.15) is 4.98 Å². The van der Waals surface area contributed by atoms with Crippen LogP contribution in [0.25, 0.3) is 11.5 Å². The van der Waals surface area contributed by atoms with Crippen molar-refractivity contribution < 1.29 is 8.91 Å². The largest absolute Gasteiger partial charge is 0.334 e. The Morgan fingerprint density at radius 3 is 3.00 bits per heavy atom. The van der Waals surface area contributed by atoms with E-state index in [-0.39, 0.29) is 11.7 Å². The summed E-state index contributed by atoms with van der Waals surface area (Å²) in [6.45, 7) is 1.91. The molecule has 4 nitrogen and oxygen atoms in total. The molecule has 2 aromatic rings. The van der Waals surface area contributed by atoms with Gasteiger partial charge in [0.05, 0.1) is 0 Å². The van der Waals surface area contributed by atoms with Crippen molar-refractivity contribution in [2.24, 2.45) is 0 Å². The van der Waals surface area contributed by atoms with E-state index in [0.29, 0.717) is 21.8 Å². The van der Waals surface area contributed by atoms with Crippen LogP contribution in [0.4, 0.5) is 4.39 Å². The van der Waals surface area contributed by atoms with E-state index in [0.717, 1.165) is 25.9 Å². The Bertz CT molecular complexity index is 561. The molecule has 19 heavy (non-hydrogen) atoms. The van der Waals surface area contributed by atoms with Crippen LogP contribution in [-0.4, -0.2) is 23.2 Å². The third kappa shape index (κ3) is 2.84. The van der Waals surface area contributed by atoms with Gasteiger partial charge in [-0.05, 0) is 37.6 Å². The van der Waals surface area contributed by atoms with Crippen LogP contribution >= 0.6 is 15.9 Å². The molecule has 6 heteroatoms. The molecular weight excluding hydrogens is 313 g/mol. The summed E-state index contributed by atoms with van der Waals surface area (Å²) in [6.07, 6.45) is 2.17.